The summed E-state index contributed by atoms with van der Waals surface area (Å²) in [7, 11) is 0. The summed E-state index contributed by atoms with van der Waals surface area (Å²) in [5.74, 6) is -0.167. The van der Waals surface area contributed by atoms with Gasteiger partial charge in [0.15, 0.2) is 0 Å². The number of aromatic nitrogens is 2. The normalized spacial score (nSPS) is 16.0. The Kier molecular flexibility index (Phi) is 3.70. The van der Waals surface area contributed by atoms with E-state index in [1.807, 2.05) is 0 Å². The summed E-state index contributed by atoms with van der Waals surface area (Å²) < 4.78 is 18.2. The van der Waals surface area contributed by atoms with Gasteiger partial charge in [0.05, 0.1) is 0 Å². The van der Waals surface area contributed by atoms with Crippen molar-refractivity contribution in [3.63, 3.8) is 0 Å². The van der Waals surface area contributed by atoms with Crippen molar-refractivity contribution in [2.75, 3.05) is 13.2 Å². The predicted octanol–water partition coefficient (Wildman–Crippen LogP) is 2.18. The third-order valence-corrected chi connectivity index (χ3v) is 3.66. The van der Waals surface area contributed by atoms with Crippen LogP contribution in [0.3, 0.4) is 0 Å². The second kappa shape index (κ2) is 5.65. The Bertz CT molecular complexity index is 691. The fourth-order valence-electron chi connectivity index (χ4n) is 2.52. The number of halogens is 1. The third kappa shape index (κ3) is 2.80. The lowest BCUT2D eigenvalue weighted by Crippen LogP contribution is -2.21. The van der Waals surface area contributed by atoms with Gasteiger partial charge in [0.2, 0.25) is 5.88 Å². The number of benzene rings is 1. The van der Waals surface area contributed by atoms with E-state index in [4.69, 9.17) is 4.74 Å². The van der Waals surface area contributed by atoms with Gasteiger partial charge in [0, 0.05) is 19.1 Å². The van der Waals surface area contributed by atoms with Crippen LogP contribution in [0.4, 0.5) is 4.39 Å². The molecule has 0 saturated carbocycles. The maximum absolute atomic E-state index is 12.9. The Labute approximate surface area is 120 Å². The van der Waals surface area contributed by atoms with Gasteiger partial charge < -0.3 is 14.8 Å². The highest BCUT2D eigenvalue weighted by Gasteiger charge is 2.21. The molecule has 1 saturated heterocycles. The summed E-state index contributed by atoms with van der Waals surface area (Å²) in [6.07, 6.45) is 1.52. The number of nitrogens with zero attached hydrogens (tertiary/aromatic N) is 1. The Hall–Kier alpha value is -2.21. The summed E-state index contributed by atoms with van der Waals surface area (Å²) >= 11 is 0. The molecule has 6 heteroatoms. The van der Waals surface area contributed by atoms with Crippen molar-refractivity contribution in [1.82, 2.24) is 9.97 Å². The lowest BCUT2D eigenvalue weighted by molar-refractivity contribution is 0.0834. The van der Waals surface area contributed by atoms with E-state index in [2.05, 4.69) is 9.97 Å². The summed E-state index contributed by atoms with van der Waals surface area (Å²) in [4.78, 5) is 19.0. The van der Waals surface area contributed by atoms with Gasteiger partial charge in [0.25, 0.3) is 5.56 Å². The molecule has 21 heavy (non-hydrogen) atoms. The van der Waals surface area contributed by atoms with Crippen LogP contribution in [0.5, 0.6) is 5.88 Å². The molecule has 0 unspecified atom stereocenters. The van der Waals surface area contributed by atoms with Crippen LogP contribution in [0.25, 0.3) is 11.1 Å². The van der Waals surface area contributed by atoms with Gasteiger partial charge >= 0.3 is 0 Å². The number of aromatic hydroxyl groups is 1. The number of H-pyrrole nitrogens is 1. The van der Waals surface area contributed by atoms with Crippen LogP contribution in [0, 0.1) is 5.82 Å². The number of ether oxygens (including phenoxy) is 1. The highest BCUT2D eigenvalue weighted by Crippen LogP contribution is 2.28. The first-order chi connectivity index (χ1) is 10.1. The minimum absolute atomic E-state index is 0.0609. The van der Waals surface area contributed by atoms with Crippen LogP contribution in [-0.4, -0.2) is 28.3 Å². The first-order valence-electron chi connectivity index (χ1n) is 6.82. The second-order valence-corrected chi connectivity index (χ2v) is 5.04. The highest BCUT2D eigenvalue weighted by atomic mass is 19.1. The fourth-order valence-corrected chi connectivity index (χ4v) is 2.52. The minimum atomic E-state index is -0.421. The molecular formula is C15H15FN2O3. The molecule has 1 aromatic heterocycles. The van der Waals surface area contributed by atoms with Crippen LogP contribution in [0.2, 0.25) is 0 Å². The second-order valence-electron chi connectivity index (χ2n) is 5.04. The molecule has 1 aliphatic heterocycles. The lowest BCUT2D eigenvalue weighted by atomic mass is 9.99. The SMILES string of the molecule is O=c1[nH]c(C2CCOCC2)nc(O)c1-c1ccc(F)cc1. The molecule has 0 amide bonds. The Morgan fingerprint density at radius 2 is 1.90 bits per heavy atom. The van der Waals surface area contributed by atoms with Crippen molar-refractivity contribution in [2.45, 2.75) is 18.8 Å². The lowest BCUT2D eigenvalue weighted by Gasteiger charge is -2.21. The Morgan fingerprint density at radius 1 is 1.24 bits per heavy atom. The van der Waals surface area contributed by atoms with E-state index in [0.29, 0.717) is 24.6 Å². The van der Waals surface area contributed by atoms with Gasteiger partial charge in [0.1, 0.15) is 17.2 Å². The fraction of sp³-hybridized carbons (Fsp3) is 0.333. The molecule has 2 N–H and O–H groups in total. The minimum Gasteiger partial charge on any atom is -0.493 e. The van der Waals surface area contributed by atoms with E-state index in [1.165, 1.54) is 24.3 Å². The molecule has 1 aromatic carbocycles. The van der Waals surface area contributed by atoms with E-state index in [9.17, 15) is 14.3 Å². The first kappa shape index (κ1) is 13.8. The molecule has 1 aliphatic rings. The average Bonchev–Trinajstić information content (AvgIpc) is 2.49. The first-order valence-corrected chi connectivity index (χ1v) is 6.82. The van der Waals surface area contributed by atoms with Crippen molar-refractivity contribution in [2.24, 2.45) is 0 Å². The van der Waals surface area contributed by atoms with Gasteiger partial charge in [-0.25, -0.2) is 4.39 Å². The number of hydrogen-bond donors (Lipinski definition) is 2. The maximum Gasteiger partial charge on any atom is 0.262 e. The van der Waals surface area contributed by atoms with Crippen LogP contribution in [-0.2, 0) is 4.74 Å². The molecule has 2 heterocycles. The van der Waals surface area contributed by atoms with Crippen molar-refractivity contribution in [1.29, 1.82) is 0 Å². The van der Waals surface area contributed by atoms with Gasteiger partial charge in [-0.2, -0.15) is 4.98 Å². The molecule has 110 valence electrons. The van der Waals surface area contributed by atoms with E-state index in [1.54, 1.807) is 0 Å². The molecule has 1 fully saturated rings. The molecule has 0 atom stereocenters. The third-order valence-electron chi connectivity index (χ3n) is 3.66. The van der Waals surface area contributed by atoms with Crippen LogP contribution in [0.15, 0.2) is 29.1 Å². The van der Waals surface area contributed by atoms with E-state index >= 15 is 0 Å². The number of rotatable bonds is 2. The van der Waals surface area contributed by atoms with Gasteiger partial charge in [-0.15, -0.1) is 0 Å². The zero-order valence-electron chi connectivity index (χ0n) is 11.3. The zero-order valence-corrected chi connectivity index (χ0v) is 11.3. The van der Waals surface area contributed by atoms with Crippen LogP contribution < -0.4 is 5.56 Å². The van der Waals surface area contributed by atoms with Gasteiger partial charge in [-0.1, -0.05) is 12.1 Å². The Balaban J connectivity index is 2.00. The molecule has 0 bridgehead atoms. The number of aromatic amines is 1. The summed E-state index contributed by atoms with van der Waals surface area (Å²) in [6, 6.07) is 5.35. The quantitative estimate of drug-likeness (QED) is 0.889. The number of hydrogen-bond acceptors (Lipinski definition) is 4. The predicted molar refractivity (Wildman–Crippen MR) is 74.7 cm³/mol. The molecule has 3 rings (SSSR count). The van der Waals surface area contributed by atoms with Crippen molar-refractivity contribution < 1.29 is 14.2 Å². The Morgan fingerprint density at radius 3 is 2.52 bits per heavy atom. The molecular weight excluding hydrogens is 275 g/mol. The van der Waals surface area contributed by atoms with Crippen molar-refractivity contribution >= 4 is 0 Å². The molecule has 0 aliphatic carbocycles. The molecule has 0 spiro atoms. The highest BCUT2D eigenvalue weighted by molar-refractivity contribution is 5.67. The summed E-state index contributed by atoms with van der Waals surface area (Å²) in [5, 5.41) is 10.1. The zero-order chi connectivity index (χ0) is 14.8. The molecule has 0 radical (unpaired) electrons. The molecule has 2 aromatic rings. The smallest absolute Gasteiger partial charge is 0.262 e. The molecule has 5 nitrogen and oxygen atoms in total. The van der Waals surface area contributed by atoms with Crippen molar-refractivity contribution in [3.8, 4) is 17.0 Å². The average molecular weight is 290 g/mol. The summed E-state index contributed by atoms with van der Waals surface area (Å²) in [5.41, 5.74) is 0.0718. The van der Waals surface area contributed by atoms with Gasteiger partial charge in [-0.05, 0) is 30.5 Å². The van der Waals surface area contributed by atoms with Crippen LogP contribution in [0.1, 0.15) is 24.6 Å². The van der Waals surface area contributed by atoms with E-state index in [0.717, 1.165) is 12.8 Å². The standard InChI is InChI=1S/C15H15FN2O3/c16-11-3-1-9(2-4-11)12-14(19)17-13(18-15(12)20)10-5-7-21-8-6-10/h1-4,10H,5-8H2,(H2,17,18,19,20). The monoisotopic (exact) mass is 290 g/mol. The van der Waals surface area contributed by atoms with Crippen molar-refractivity contribution in [3.05, 3.63) is 46.3 Å². The van der Waals surface area contributed by atoms with Gasteiger partial charge in [-0.3, -0.25) is 4.79 Å². The van der Waals surface area contributed by atoms with Crippen LogP contribution >= 0.6 is 0 Å². The summed E-state index contributed by atoms with van der Waals surface area (Å²) in [6.45, 7) is 1.24. The van der Waals surface area contributed by atoms with E-state index < -0.39 is 11.4 Å². The van der Waals surface area contributed by atoms with E-state index in [-0.39, 0.29) is 17.4 Å². The maximum atomic E-state index is 12.9. The largest absolute Gasteiger partial charge is 0.493 e. The number of nitrogens with one attached hydrogen (secondary N) is 1. The topological polar surface area (TPSA) is 75.2 Å².